The summed E-state index contributed by atoms with van der Waals surface area (Å²) in [5.74, 6) is 0.602. The van der Waals surface area contributed by atoms with Crippen LogP contribution in [0, 0.1) is 0 Å². The van der Waals surface area contributed by atoms with Crippen LogP contribution in [0.15, 0.2) is 47.2 Å². The van der Waals surface area contributed by atoms with Gasteiger partial charge in [0, 0.05) is 33.4 Å². The van der Waals surface area contributed by atoms with Crippen molar-refractivity contribution in [2.24, 2.45) is 0 Å². The van der Waals surface area contributed by atoms with Crippen LogP contribution in [0.4, 0.5) is 0 Å². The first-order valence-electron chi connectivity index (χ1n) is 6.00. The van der Waals surface area contributed by atoms with E-state index in [0.29, 0.717) is 22.5 Å². The zero-order valence-corrected chi connectivity index (χ0v) is 12.3. The van der Waals surface area contributed by atoms with Crippen molar-refractivity contribution < 1.29 is 9.53 Å². The molecule has 3 rings (SSSR count). The van der Waals surface area contributed by atoms with Crippen molar-refractivity contribution in [2.45, 2.75) is 0 Å². The van der Waals surface area contributed by atoms with Crippen molar-refractivity contribution in [3.05, 3.63) is 58.3 Å². The summed E-state index contributed by atoms with van der Waals surface area (Å²) in [6.07, 6.45) is 3.38. The maximum atomic E-state index is 12.6. The number of pyridine rings is 1. The van der Waals surface area contributed by atoms with Gasteiger partial charge in [-0.25, -0.2) is 4.98 Å². The van der Waals surface area contributed by atoms with Crippen LogP contribution in [0.5, 0.6) is 5.75 Å². The summed E-state index contributed by atoms with van der Waals surface area (Å²) in [6.45, 7) is 0. The van der Waals surface area contributed by atoms with Crippen molar-refractivity contribution in [3.63, 3.8) is 0 Å². The highest BCUT2D eigenvalue weighted by molar-refractivity contribution is 9.10. The topological polar surface area (TPSA) is 55.0 Å². The standard InChI is InChI=1S/C15H11BrN2O2/c1-20-11-4-2-3-9(5-11)14(19)13-8-18-15-12(13)6-10(16)7-17-15/h2-8H,1H3,(H,17,18). The Kier molecular flexibility index (Phi) is 3.28. The number of benzene rings is 1. The first-order chi connectivity index (χ1) is 9.69. The Morgan fingerprint density at radius 2 is 2.20 bits per heavy atom. The van der Waals surface area contributed by atoms with Crippen LogP contribution >= 0.6 is 15.9 Å². The number of carbonyl (C=O) groups is 1. The van der Waals surface area contributed by atoms with Crippen LogP contribution in [0.1, 0.15) is 15.9 Å². The van der Waals surface area contributed by atoms with E-state index in [9.17, 15) is 4.79 Å². The number of halogens is 1. The summed E-state index contributed by atoms with van der Waals surface area (Å²) in [7, 11) is 1.58. The summed E-state index contributed by atoms with van der Waals surface area (Å²) < 4.78 is 5.99. The van der Waals surface area contributed by atoms with Crippen molar-refractivity contribution in [3.8, 4) is 5.75 Å². The second-order valence-corrected chi connectivity index (χ2v) is 5.23. The second-order valence-electron chi connectivity index (χ2n) is 4.31. The lowest BCUT2D eigenvalue weighted by molar-refractivity contribution is 0.104. The third kappa shape index (κ3) is 2.20. The quantitative estimate of drug-likeness (QED) is 0.747. The van der Waals surface area contributed by atoms with Crippen molar-refractivity contribution in [1.82, 2.24) is 9.97 Å². The maximum absolute atomic E-state index is 12.6. The van der Waals surface area contributed by atoms with E-state index < -0.39 is 0 Å². The molecule has 0 atom stereocenters. The number of hydrogen-bond donors (Lipinski definition) is 1. The summed E-state index contributed by atoms with van der Waals surface area (Å²) >= 11 is 3.37. The minimum atomic E-state index is -0.0601. The summed E-state index contributed by atoms with van der Waals surface area (Å²) in [5.41, 5.74) is 1.88. The summed E-state index contributed by atoms with van der Waals surface area (Å²) in [4.78, 5) is 19.8. The van der Waals surface area contributed by atoms with Gasteiger partial charge in [-0.1, -0.05) is 12.1 Å². The predicted molar refractivity (Wildman–Crippen MR) is 80.2 cm³/mol. The molecule has 1 aromatic carbocycles. The number of methoxy groups -OCH3 is 1. The van der Waals surface area contributed by atoms with E-state index in [0.717, 1.165) is 9.86 Å². The van der Waals surface area contributed by atoms with Gasteiger partial charge >= 0.3 is 0 Å². The Morgan fingerprint density at radius 1 is 1.35 bits per heavy atom. The number of fused-ring (bicyclic) bond motifs is 1. The Hall–Kier alpha value is -2.14. The second kappa shape index (κ2) is 5.09. The van der Waals surface area contributed by atoms with E-state index in [1.807, 2.05) is 12.1 Å². The average molecular weight is 331 g/mol. The van der Waals surface area contributed by atoms with Gasteiger partial charge in [0.1, 0.15) is 11.4 Å². The molecule has 2 aromatic heterocycles. The summed E-state index contributed by atoms with van der Waals surface area (Å²) in [5, 5.41) is 0.798. The van der Waals surface area contributed by atoms with Crippen LogP contribution in [0.25, 0.3) is 11.0 Å². The number of carbonyl (C=O) groups excluding carboxylic acids is 1. The Balaban J connectivity index is 2.10. The fraction of sp³-hybridized carbons (Fsp3) is 0.0667. The number of ether oxygens (including phenoxy) is 1. The molecule has 0 fully saturated rings. The van der Waals surface area contributed by atoms with E-state index in [4.69, 9.17) is 4.74 Å². The molecule has 0 bridgehead atoms. The lowest BCUT2D eigenvalue weighted by atomic mass is 10.0. The van der Waals surface area contributed by atoms with Crippen LogP contribution in [-0.2, 0) is 0 Å². The fourth-order valence-corrected chi connectivity index (χ4v) is 2.42. The van der Waals surface area contributed by atoms with E-state index in [1.54, 1.807) is 37.7 Å². The van der Waals surface area contributed by atoms with E-state index in [-0.39, 0.29) is 5.78 Å². The Bertz CT molecular complexity index is 795. The highest BCUT2D eigenvalue weighted by atomic mass is 79.9. The zero-order chi connectivity index (χ0) is 14.1. The predicted octanol–water partition coefficient (Wildman–Crippen LogP) is 3.57. The van der Waals surface area contributed by atoms with Crippen LogP contribution < -0.4 is 4.74 Å². The van der Waals surface area contributed by atoms with Gasteiger partial charge in [-0.05, 0) is 34.1 Å². The number of aromatic amines is 1. The van der Waals surface area contributed by atoms with Gasteiger partial charge in [-0.15, -0.1) is 0 Å². The molecular formula is C15H11BrN2O2. The lowest BCUT2D eigenvalue weighted by Crippen LogP contribution is -2.00. The Morgan fingerprint density at radius 3 is 3.00 bits per heavy atom. The molecule has 0 aliphatic heterocycles. The van der Waals surface area contributed by atoms with Gasteiger partial charge in [0.15, 0.2) is 5.78 Å². The number of ketones is 1. The highest BCUT2D eigenvalue weighted by Crippen LogP contribution is 2.24. The maximum Gasteiger partial charge on any atom is 0.195 e. The highest BCUT2D eigenvalue weighted by Gasteiger charge is 2.15. The van der Waals surface area contributed by atoms with E-state index in [1.165, 1.54) is 0 Å². The molecule has 0 saturated heterocycles. The molecule has 2 heterocycles. The number of H-pyrrole nitrogens is 1. The molecule has 1 N–H and O–H groups in total. The number of nitrogens with zero attached hydrogens (tertiary/aromatic N) is 1. The van der Waals surface area contributed by atoms with Gasteiger partial charge < -0.3 is 9.72 Å². The molecule has 5 heteroatoms. The van der Waals surface area contributed by atoms with E-state index >= 15 is 0 Å². The van der Waals surface area contributed by atoms with Crippen LogP contribution in [0.3, 0.4) is 0 Å². The number of aromatic nitrogens is 2. The molecule has 0 unspecified atom stereocenters. The van der Waals surface area contributed by atoms with Gasteiger partial charge in [-0.3, -0.25) is 4.79 Å². The van der Waals surface area contributed by atoms with Crippen LogP contribution in [-0.4, -0.2) is 22.9 Å². The average Bonchev–Trinajstić information content (AvgIpc) is 2.89. The SMILES string of the molecule is COc1cccc(C(=O)c2c[nH]c3ncc(Br)cc23)c1. The van der Waals surface area contributed by atoms with E-state index in [2.05, 4.69) is 25.9 Å². The number of rotatable bonds is 3. The zero-order valence-electron chi connectivity index (χ0n) is 10.7. The molecule has 20 heavy (non-hydrogen) atoms. The van der Waals surface area contributed by atoms with Crippen molar-refractivity contribution in [2.75, 3.05) is 7.11 Å². The Labute approximate surface area is 123 Å². The molecule has 4 nitrogen and oxygen atoms in total. The molecule has 0 spiro atoms. The summed E-state index contributed by atoms with van der Waals surface area (Å²) in [6, 6.07) is 8.99. The van der Waals surface area contributed by atoms with Gasteiger partial charge in [0.05, 0.1) is 7.11 Å². The van der Waals surface area contributed by atoms with Crippen molar-refractivity contribution in [1.29, 1.82) is 0 Å². The molecular weight excluding hydrogens is 320 g/mol. The normalized spacial score (nSPS) is 10.7. The minimum Gasteiger partial charge on any atom is -0.497 e. The molecule has 3 aromatic rings. The molecule has 0 aliphatic carbocycles. The largest absolute Gasteiger partial charge is 0.497 e. The monoisotopic (exact) mass is 330 g/mol. The molecule has 0 radical (unpaired) electrons. The van der Waals surface area contributed by atoms with Crippen molar-refractivity contribution >= 4 is 32.7 Å². The van der Waals surface area contributed by atoms with Gasteiger partial charge in [0.25, 0.3) is 0 Å². The number of hydrogen-bond acceptors (Lipinski definition) is 3. The fourth-order valence-electron chi connectivity index (χ4n) is 2.09. The lowest BCUT2D eigenvalue weighted by Gasteiger charge is -2.03. The first-order valence-corrected chi connectivity index (χ1v) is 6.80. The molecule has 0 saturated carbocycles. The smallest absolute Gasteiger partial charge is 0.195 e. The molecule has 0 amide bonds. The van der Waals surface area contributed by atoms with Crippen LogP contribution in [0.2, 0.25) is 0 Å². The van der Waals surface area contributed by atoms with Gasteiger partial charge in [-0.2, -0.15) is 0 Å². The molecule has 0 aliphatic rings. The van der Waals surface area contributed by atoms with Gasteiger partial charge in [0.2, 0.25) is 0 Å². The third-order valence-corrected chi connectivity index (χ3v) is 3.51. The first kappa shape index (κ1) is 12.9. The minimum absolute atomic E-state index is 0.0601. The number of nitrogens with one attached hydrogen (secondary N) is 1. The third-order valence-electron chi connectivity index (χ3n) is 3.07. The molecule has 100 valence electrons.